The minimum absolute atomic E-state index is 0.0447. The molecule has 0 aliphatic heterocycles. The molecule has 0 saturated carbocycles. The number of alkyl halides is 24. The Bertz CT molecular complexity index is 2940. The van der Waals surface area contributed by atoms with Crippen LogP contribution in [0, 0.1) is 6.92 Å². The maximum Gasteiger partial charge on any atom is 0.416 e. The first kappa shape index (κ1) is 61.5. The molecule has 1 aromatic heterocycles. The van der Waals surface area contributed by atoms with Gasteiger partial charge < -0.3 is 4.74 Å². The number of rotatable bonds is 9. The van der Waals surface area contributed by atoms with Gasteiger partial charge in [0.25, 0.3) is 5.88 Å². The smallest absolute Gasteiger partial charge is 0.416 e. The van der Waals surface area contributed by atoms with Crippen LogP contribution < -0.4 is 31.2 Å². The molecule has 0 fully saturated rings. The first-order chi connectivity index (χ1) is 36.5. The number of ketones is 1. The van der Waals surface area contributed by atoms with Crippen molar-refractivity contribution < 1.29 is 119 Å². The van der Waals surface area contributed by atoms with Crippen LogP contribution in [0.25, 0.3) is 0 Å². The third-order valence-corrected chi connectivity index (χ3v) is 11.8. The van der Waals surface area contributed by atoms with Gasteiger partial charge in [-0.05, 0) is 48.9 Å². The number of hydrogen-bond acceptors (Lipinski definition) is 3. The predicted octanol–water partition coefficient (Wildman–Crippen LogP) is 14.6. The molecule has 0 radical (unpaired) electrons. The molecule has 7 aromatic rings. The van der Waals surface area contributed by atoms with E-state index in [1.54, 1.807) is 23.2 Å². The third-order valence-electron chi connectivity index (χ3n) is 11.8. The fourth-order valence-corrected chi connectivity index (χ4v) is 8.31. The highest BCUT2D eigenvalue weighted by atomic mass is 19.4. The summed E-state index contributed by atoms with van der Waals surface area (Å²) in [5.41, 5.74) is -28.4. The summed E-state index contributed by atoms with van der Waals surface area (Å²) in [6.07, 6.45) is -49.7. The van der Waals surface area contributed by atoms with Crippen LogP contribution in [0.4, 0.5) is 105 Å². The molecule has 1 heterocycles. The minimum atomic E-state index is -6.13. The van der Waals surface area contributed by atoms with Crippen molar-refractivity contribution in [3.63, 3.8) is 0 Å². The first-order valence-corrected chi connectivity index (χ1v) is 22.0. The number of benzene rings is 6. The Morgan fingerprint density at radius 3 is 1.02 bits per heavy atom. The largest absolute Gasteiger partial charge is 0.434 e. The number of hydrogen-bond donors (Lipinski definition) is 0. The molecule has 6 aromatic carbocycles. The average molecular weight is 1170 g/mol. The summed E-state index contributed by atoms with van der Waals surface area (Å²) >= 11 is 0. The SMILES string of the molecule is Cc1cccc(Oc2c[n+](CC(=O)c3ccccc3)ccn2)c1.FC(F)(F)c1cc([B-](c2cc(C(F)(F)F)cc(C(F)(F)F)c2)(c2cc(C(F)(F)F)cc(C(F)(F)F)c2)c2cc(C(F)(F)F)cc(C(F)(F)F)c2)cc(C(F)(F)F)c1. The van der Waals surface area contributed by atoms with E-state index in [9.17, 15) is 110 Å². The van der Waals surface area contributed by atoms with Crippen molar-refractivity contribution >= 4 is 33.8 Å². The van der Waals surface area contributed by atoms with Gasteiger partial charge in [0.15, 0.2) is 6.20 Å². The zero-order valence-corrected chi connectivity index (χ0v) is 39.4. The van der Waals surface area contributed by atoms with E-state index in [-0.39, 0.29) is 12.3 Å². The van der Waals surface area contributed by atoms with Gasteiger partial charge in [-0.15, -0.1) is 0 Å². The number of carbonyl (C=O) groups excluding carboxylic acids is 1. The Labute approximate surface area is 433 Å². The van der Waals surface area contributed by atoms with E-state index in [4.69, 9.17) is 4.74 Å². The van der Waals surface area contributed by atoms with Crippen LogP contribution in [-0.4, -0.2) is 16.9 Å². The van der Waals surface area contributed by atoms with Crippen LogP contribution in [0.5, 0.6) is 11.6 Å². The van der Waals surface area contributed by atoms with Crippen LogP contribution in [-0.2, 0) is 56.0 Å². The van der Waals surface area contributed by atoms with Gasteiger partial charge in [0.1, 0.15) is 11.9 Å². The van der Waals surface area contributed by atoms with Crippen LogP contribution in [0.3, 0.4) is 0 Å². The average Bonchev–Trinajstić information content (AvgIpc) is 3.32. The Hall–Kier alpha value is -7.75. The Balaban J connectivity index is 0.000000370. The second-order valence-corrected chi connectivity index (χ2v) is 17.5. The lowest BCUT2D eigenvalue weighted by molar-refractivity contribution is -0.683. The van der Waals surface area contributed by atoms with Crippen LogP contribution in [0.2, 0.25) is 0 Å². The summed E-state index contributed by atoms with van der Waals surface area (Å²) in [5, 5.41) is 0. The van der Waals surface area contributed by atoms with Gasteiger partial charge in [0.2, 0.25) is 18.5 Å². The van der Waals surface area contributed by atoms with E-state index < -0.39 is 195 Å². The molecule has 426 valence electrons. The second-order valence-electron chi connectivity index (χ2n) is 17.5. The molecule has 0 saturated heterocycles. The number of Topliss-reactive ketones (excluding diaryl/α,β-unsaturated/α-hetero) is 1. The summed E-state index contributed by atoms with van der Waals surface area (Å²) in [5.74, 6) is 1.23. The molecule has 0 atom stereocenters. The zero-order chi connectivity index (χ0) is 60.0. The Morgan fingerprint density at radius 1 is 0.425 bits per heavy atom. The van der Waals surface area contributed by atoms with Crippen molar-refractivity contribution in [3.05, 3.63) is 202 Å². The Morgan fingerprint density at radius 2 is 0.738 bits per heavy atom. The fourth-order valence-electron chi connectivity index (χ4n) is 8.31. The molecule has 0 aliphatic rings. The van der Waals surface area contributed by atoms with Gasteiger partial charge in [0.05, 0.1) is 50.7 Å². The van der Waals surface area contributed by atoms with Crippen LogP contribution in [0.1, 0.15) is 60.4 Å². The molecule has 0 amide bonds. The summed E-state index contributed by atoms with van der Waals surface area (Å²) in [7, 11) is 0. The van der Waals surface area contributed by atoms with Gasteiger partial charge in [-0.3, -0.25) is 4.79 Å². The fraction of sp³-hybridized carbons (Fsp3) is 0.196. The maximum absolute atomic E-state index is 14.2. The molecule has 29 heteroatoms. The molecular formula is C51H29BF24N2O2. The lowest BCUT2D eigenvalue weighted by atomic mass is 9.12. The number of carbonyl (C=O) groups is 1. The molecule has 4 nitrogen and oxygen atoms in total. The molecule has 0 bridgehead atoms. The van der Waals surface area contributed by atoms with Crippen LogP contribution in [0.15, 0.2) is 146 Å². The minimum Gasteiger partial charge on any atom is -0.434 e. The highest BCUT2D eigenvalue weighted by molar-refractivity contribution is 7.20. The quantitative estimate of drug-likeness (QED) is 0.0626. The van der Waals surface area contributed by atoms with Crippen molar-refractivity contribution in [1.29, 1.82) is 0 Å². The first-order valence-electron chi connectivity index (χ1n) is 22.0. The normalized spacial score (nSPS) is 13.2. The second kappa shape index (κ2) is 21.7. The number of halogens is 24. The summed E-state index contributed by atoms with van der Waals surface area (Å²) in [4.78, 5) is 16.4. The predicted molar refractivity (Wildman–Crippen MR) is 237 cm³/mol. The van der Waals surface area contributed by atoms with Gasteiger partial charge >= 0.3 is 49.4 Å². The standard InChI is InChI=1S/C32H12BF24.C19H17N2O2/c34-25(35,36)13-1-14(26(37,38)39)6-21(5-13)33(22-7-15(27(40,41)42)2-16(8-22)28(43,44)45,23-9-17(29(46,47)48)3-18(10-23)30(49,50)51)24-11-19(31(52,53)54)4-20(12-24)32(55,56)57;1-15-6-5-9-17(12-15)23-19-14-21(11-10-20-19)13-18(22)16-7-3-2-4-8-16/h1-12H;2-12,14H,13H2,1H3/q-1;+1. The van der Waals surface area contributed by atoms with E-state index in [2.05, 4.69) is 4.98 Å². The van der Waals surface area contributed by atoms with Crippen molar-refractivity contribution in [1.82, 2.24) is 4.98 Å². The summed E-state index contributed by atoms with van der Waals surface area (Å²) in [6, 6.07) is 8.18. The van der Waals surface area contributed by atoms with Crippen molar-refractivity contribution in [3.8, 4) is 11.6 Å². The summed E-state index contributed by atoms with van der Waals surface area (Å²) in [6.45, 7) is 2.25. The lowest BCUT2D eigenvalue weighted by Crippen LogP contribution is -2.75. The van der Waals surface area contributed by atoms with E-state index in [0.717, 1.165) is 11.3 Å². The Kier molecular flexibility index (Phi) is 16.7. The van der Waals surface area contributed by atoms with Gasteiger partial charge in [-0.25, -0.2) is 4.98 Å². The van der Waals surface area contributed by atoms with Crippen LogP contribution >= 0.6 is 0 Å². The topological polar surface area (TPSA) is 43.1 Å². The molecule has 0 N–H and O–H groups in total. The molecule has 7 rings (SSSR count). The highest BCUT2D eigenvalue weighted by Gasteiger charge is 2.47. The zero-order valence-electron chi connectivity index (χ0n) is 39.4. The maximum atomic E-state index is 14.2. The number of aryl methyl sites for hydroxylation is 1. The van der Waals surface area contributed by atoms with Gasteiger partial charge in [0, 0.05) is 5.56 Å². The van der Waals surface area contributed by atoms with E-state index in [1.807, 2.05) is 61.5 Å². The molecule has 80 heavy (non-hydrogen) atoms. The lowest BCUT2D eigenvalue weighted by Gasteiger charge is -2.46. The molecule has 0 unspecified atom stereocenters. The van der Waals surface area contributed by atoms with Crippen molar-refractivity contribution in [2.75, 3.05) is 0 Å². The van der Waals surface area contributed by atoms with E-state index >= 15 is 0 Å². The van der Waals surface area contributed by atoms with Gasteiger partial charge in [-0.2, -0.15) is 132 Å². The number of ether oxygens (including phenoxy) is 1. The third kappa shape index (κ3) is 14.5. The highest BCUT2D eigenvalue weighted by Crippen LogP contribution is 2.41. The monoisotopic (exact) mass is 1170 g/mol. The molecule has 0 aliphatic carbocycles. The number of nitrogens with zero attached hydrogens (tertiary/aromatic N) is 2. The summed E-state index contributed by atoms with van der Waals surface area (Å²) < 4.78 is 348. The van der Waals surface area contributed by atoms with E-state index in [0.29, 0.717) is 11.4 Å². The number of aromatic nitrogens is 2. The molecule has 0 spiro atoms. The molecular weight excluding hydrogens is 1140 g/mol. The van der Waals surface area contributed by atoms with E-state index in [1.165, 1.54) is 0 Å². The van der Waals surface area contributed by atoms with Gasteiger partial charge in [-0.1, -0.05) is 91.0 Å². The van der Waals surface area contributed by atoms with Crippen molar-refractivity contribution in [2.24, 2.45) is 0 Å². The van der Waals surface area contributed by atoms with Crippen molar-refractivity contribution in [2.45, 2.75) is 62.9 Å².